The predicted molar refractivity (Wildman–Crippen MR) is 47.4 cm³/mol. The van der Waals surface area contributed by atoms with E-state index in [2.05, 4.69) is 0 Å². The summed E-state index contributed by atoms with van der Waals surface area (Å²) in [5.41, 5.74) is 10.4. The monoisotopic (exact) mass is 171 g/mol. The Morgan fingerprint density at radius 1 is 1.58 bits per heavy atom. The number of amides is 1. The lowest BCUT2D eigenvalue weighted by Crippen LogP contribution is -2.59. The maximum atomic E-state index is 11.1. The van der Waals surface area contributed by atoms with Gasteiger partial charge in [-0.2, -0.15) is 0 Å². The third-order valence-corrected chi connectivity index (χ3v) is 2.34. The molecule has 12 heavy (non-hydrogen) atoms. The van der Waals surface area contributed by atoms with Crippen molar-refractivity contribution in [2.45, 2.75) is 18.4 Å². The first kappa shape index (κ1) is 9.48. The second-order valence-electron chi connectivity index (χ2n) is 3.92. The van der Waals surface area contributed by atoms with Crippen molar-refractivity contribution >= 4 is 5.91 Å². The molecular weight excluding hydrogens is 154 g/mol. The quantitative estimate of drug-likeness (QED) is 0.578. The van der Waals surface area contributed by atoms with Gasteiger partial charge in [0.25, 0.3) is 0 Å². The Bertz CT molecular complexity index is 189. The van der Waals surface area contributed by atoms with E-state index in [4.69, 9.17) is 11.5 Å². The summed E-state index contributed by atoms with van der Waals surface area (Å²) in [6, 6.07) is 0. The minimum atomic E-state index is -0.802. The first-order valence-electron chi connectivity index (χ1n) is 4.20. The van der Waals surface area contributed by atoms with Crippen LogP contribution in [0.1, 0.15) is 12.8 Å². The molecule has 1 fully saturated rings. The molecule has 0 radical (unpaired) electrons. The summed E-state index contributed by atoms with van der Waals surface area (Å²) in [4.78, 5) is 13.0. The first-order chi connectivity index (χ1) is 5.47. The van der Waals surface area contributed by atoms with Gasteiger partial charge in [0, 0.05) is 6.54 Å². The maximum Gasteiger partial charge on any atom is 0.239 e. The van der Waals surface area contributed by atoms with E-state index < -0.39 is 5.54 Å². The normalized spacial score (nSPS) is 22.3. The highest BCUT2D eigenvalue weighted by Crippen LogP contribution is 2.38. The number of nitrogens with two attached hydrogens (primary N) is 2. The molecule has 0 spiro atoms. The molecule has 4 nitrogen and oxygen atoms in total. The Hall–Kier alpha value is -0.610. The summed E-state index contributed by atoms with van der Waals surface area (Å²) in [5.74, 6) is -0.0731. The van der Waals surface area contributed by atoms with Crippen molar-refractivity contribution < 1.29 is 4.79 Å². The van der Waals surface area contributed by atoms with Crippen LogP contribution in [0.15, 0.2) is 0 Å². The summed E-state index contributed by atoms with van der Waals surface area (Å²) in [7, 11) is 3.79. The summed E-state index contributed by atoms with van der Waals surface area (Å²) in [5, 5.41) is 0. The minimum absolute atomic E-state index is 0.303. The molecule has 1 rings (SSSR count). The van der Waals surface area contributed by atoms with E-state index >= 15 is 0 Å². The number of primary amides is 1. The Kier molecular flexibility index (Phi) is 2.39. The second-order valence-corrected chi connectivity index (χ2v) is 3.92. The van der Waals surface area contributed by atoms with Crippen molar-refractivity contribution in [3.8, 4) is 0 Å². The molecule has 0 aliphatic heterocycles. The van der Waals surface area contributed by atoms with E-state index in [0.717, 1.165) is 12.8 Å². The van der Waals surface area contributed by atoms with Crippen LogP contribution in [0, 0.1) is 5.92 Å². The fourth-order valence-electron chi connectivity index (χ4n) is 1.53. The molecule has 1 atom stereocenters. The number of hydrogen-bond acceptors (Lipinski definition) is 3. The van der Waals surface area contributed by atoms with Crippen LogP contribution >= 0.6 is 0 Å². The standard InChI is InChI=1S/C8H17N3O/c1-11(2)5-8(10,7(9)12)6-3-4-6/h6H,3-5,10H2,1-2H3,(H2,9,12). The van der Waals surface area contributed by atoms with Crippen molar-refractivity contribution in [2.75, 3.05) is 20.6 Å². The highest BCUT2D eigenvalue weighted by atomic mass is 16.1. The van der Waals surface area contributed by atoms with Crippen molar-refractivity contribution in [1.82, 2.24) is 4.90 Å². The van der Waals surface area contributed by atoms with Gasteiger partial charge in [0.05, 0.1) is 0 Å². The van der Waals surface area contributed by atoms with Gasteiger partial charge >= 0.3 is 0 Å². The lowest BCUT2D eigenvalue weighted by molar-refractivity contribution is -0.124. The van der Waals surface area contributed by atoms with Crippen molar-refractivity contribution in [1.29, 1.82) is 0 Å². The average molecular weight is 171 g/mol. The zero-order valence-electron chi connectivity index (χ0n) is 7.71. The number of likely N-dealkylation sites (N-methyl/N-ethyl adjacent to an activating group) is 1. The van der Waals surface area contributed by atoms with E-state index in [1.165, 1.54) is 0 Å². The zero-order chi connectivity index (χ0) is 9.35. The fraction of sp³-hybridized carbons (Fsp3) is 0.875. The van der Waals surface area contributed by atoms with Crippen LogP contribution in [0.5, 0.6) is 0 Å². The molecule has 1 aliphatic rings. The van der Waals surface area contributed by atoms with Gasteiger partial charge < -0.3 is 16.4 Å². The van der Waals surface area contributed by atoms with Crippen LogP contribution in [0.4, 0.5) is 0 Å². The van der Waals surface area contributed by atoms with Gasteiger partial charge in [-0.15, -0.1) is 0 Å². The minimum Gasteiger partial charge on any atom is -0.368 e. The number of hydrogen-bond donors (Lipinski definition) is 2. The lowest BCUT2D eigenvalue weighted by Gasteiger charge is -2.28. The van der Waals surface area contributed by atoms with Gasteiger partial charge in [-0.3, -0.25) is 4.79 Å². The summed E-state index contributed by atoms with van der Waals surface area (Å²) >= 11 is 0. The molecule has 0 aromatic heterocycles. The Labute approximate surface area is 72.9 Å². The van der Waals surface area contributed by atoms with Gasteiger partial charge in [-0.05, 0) is 32.9 Å². The maximum absolute atomic E-state index is 11.1. The van der Waals surface area contributed by atoms with Crippen molar-refractivity contribution in [3.63, 3.8) is 0 Å². The molecule has 0 heterocycles. The third kappa shape index (κ3) is 1.76. The van der Waals surface area contributed by atoms with Gasteiger partial charge in [-0.25, -0.2) is 0 Å². The van der Waals surface area contributed by atoms with Crippen LogP contribution in [-0.2, 0) is 4.79 Å². The molecule has 0 aromatic carbocycles. The van der Waals surface area contributed by atoms with E-state index in [1.54, 1.807) is 0 Å². The highest BCUT2D eigenvalue weighted by molar-refractivity contribution is 5.85. The molecular formula is C8H17N3O. The van der Waals surface area contributed by atoms with Gasteiger partial charge in [0.2, 0.25) is 5.91 Å². The van der Waals surface area contributed by atoms with Crippen LogP contribution in [-0.4, -0.2) is 37.0 Å². The summed E-state index contributed by atoms with van der Waals surface area (Å²) < 4.78 is 0. The molecule has 0 saturated heterocycles. The number of nitrogens with zero attached hydrogens (tertiary/aromatic N) is 1. The average Bonchev–Trinajstić information content (AvgIpc) is 2.65. The summed E-state index contributed by atoms with van der Waals surface area (Å²) in [6.07, 6.45) is 2.07. The zero-order valence-corrected chi connectivity index (χ0v) is 7.71. The van der Waals surface area contributed by atoms with E-state index in [0.29, 0.717) is 12.5 Å². The van der Waals surface area contributed by atoms with Gasteiger partial charge in [-0.1, -0.05) is 0 Å². The van der Waals surface area contributed by atoms with Crippen molar-refractivity contribution in [2.24, 2.45) is 17.4 Å². The van der Waals surface area contributed by atoms with E-state index in [-0.39, 0.29) is 5.91 Å². The molecule has 4 heteroatoms. The summed E-state index contributed by atoms with van der Waals surface area (Å²) in [6.45, 7) is 0.549. The largest absolute Gasteiger partial charge is 0.368 e. The van der Waals surface area contributed by atoms with Crippen molar-refractivity contribution in [3.05, 3.63) is 0 Å². The Balaban J connectivity index is 2.64. The molecule has 0 bridgehead atoms. The smallest absolute Gasteiger partial charge is 0.239 e. The molecule has 1 unspecified atom stereocenters. The first-order valence-corrected chi connectivity index (χ1v) is 4.20. The lowest BCUT2D eigenvalue weighted by atomic mass is 9.93. The number of rotatable bonds is 4. The van der Waals surface area contributed by atoms with E-state index in [1.807, 2.05) is 19.0 Å². The number of carbonyl (C=O) groups excluding carboxylic acids is 1. The SMILES string of the molecule is CN(C)CC(N)(C(N)=O)C1CC1. The molecule has 1 aliphatic carbocycles. The van der Waals surface area contributed by atoms with Crippen LogP contribution in [0.2, 0.25) is 0 Å². The van der Waals surface area contributed by atoms with Crippen LogP contribution in [0.3, 0.4) is 0 Å². The van der Waals surface area contributed by atoms with Crippen LogP contribution < -0.4 is 11.5 Å². The number of carbonyl (C=O) groups is 1. The fourth-order valence-corrected chi connectivity index (χ4v) is 1.53. The third-order valence-electron chi connectivity index (χ3n) is 2.34. The second kappa shape index (κ2) is 3.03. The van der Waals surface area contributed by atoms with Gasteiger partial charge in [0.1, 0.15) is 5.54 Å². The molecule has 70 valence electrons. The van der Waals surface area contributed by atoms with Crippen LogP contribution in [0.25, 0.3) is 0 Å². The molecule has 1 saturated carbocycles. The molecule has 0 aromatic rings. The molecule has 4 N–H and O–H groups in total. The topological polar surface area (TPSA) is 72.3 Å². The Morgan fingerprint density at radius 3 is 2.33 bits per heavy atom. The Morgan fingerprint density at radius 2 is 2.08 bits per heavy atom. The molecule has 1 amide bonds. The van der Waals surface area contributed by atoms with Gasteiger partial charge in [0.15, 0.2) is 0 Å². The highest BCUT2D eigenvalue weighted by Gasteiger charge is 2.46. The predicted octanol–water partition coefficient (Wildman–Crippen LogP) is -0.859. The van der Waals surface area contributed by atoms with E-state index in [9.17, 15) is 4.79 Å².